The minimum Gasteiger partial charge on any atom is -0.143 e. The molecule has 0 nitrogen and oxygen atoms in total. The molecular formula is C14H24S2. The van der Waals surface area contributed by atoms with Crippen LogP contribution in [-0.2, 0) is 0 Å². The molecule has 0 aromatic heterocycles. The van der Waals surface area contributed by atoms with E-state index < -0.39 is 0 Å². The Morgan fingerprint density at radius 3 is 1.88 bits per heavy atom. The highest BCUT2D eigenvalue weighted by Gasteiger charge is 2.40. The van der Waals surface area contributed by atoms with E-state index in [0.29, 0.717) is 4.08 Å². The third-order valence-corrected chi connectivity index (χ3v) is 8.57. The number of rotatable bonds is 1. The van der Waals surface area contributed by atoms with Gasteiger partial charge in [-0.2, -0.15) is 0 Å². The molecule has 1 saturated heterocycles. The van der Waals surface area contributed by atoms with Crippen molar-refractivity contribution in [1.29, 1.82) is 0 Å². The maximum Gasteiger partial charge on any atom is 0.0611 e. The lowest BCUT2D eigenvalue weighted by Gasteiger charge is -2.40. The lowest BCUT2D eigenvalue weighted by Crippen LogP contribution is -2.29. The van der Waals surface area contributed by atoms with Crippen LogP contribution < -0.4 is 0 Å². The second-order valence-electron chi connectivity index (χ2n) is 5.84. The molecule has 0 amide bonds. The Labute approximate surface area is 109 Å². The SMILES string of the molecule is C1CCC(C2CCC3(CC2)SCCS3)CC1. The van der Waals surface area contributed by atoms with E-state index in [0.717, 1.165) is 11.8 Å². The first-order valence-corrected chi connectivity index (χ1v) is 9.13. The average molecular weight is 256 g/mol. The summed E-state index contributed by atoms with van der Waals surface area (Å²) in [5.41, 5.74) is 0. The van der Waals surface area contributed by atoms with E-state index in [1.165, 1.54) is 43.6 Å². The molecule has 0 aromatic carbocycles. The average Bonchev–Trinajstić information content (AvgIpc) is 2.80. The molecule has 0 unspecified atom stereocenters. The Morgan fingerprint density at radius 1 is 0.688 bits per heavy atom. The van der Waals surface area contributed by atoms with Crippen LogP contribution in [0.4, 0.5) is 0 Å². The maximum atomic E-state index is 2.28. The Morgan fingerprint density at radius 2 is 1.25 bits per heavy atom. The fraction of sp³-hybridized carbons (Fsp3) is 1.00. The van der Waals surface area contributed by atoms with Gasteiger partial charge in [0, 0.05) is 11.5 Å². The van der Waals surface area contributed by atoms with Crippen molar-refractivity contribution < 1.29 is 0 Å². The van der Waals surface area contributed by atoms with Gasteiger partial charge in [-0.15, -0.1) is 23.5 Å². The maximum absolute atomic E-state index is 2.28. The minimum atomic E-state index is 0.686. The van der Waals surface area contributed by atoms with Gasteiger partial charge in [0.15, 0.2) is 0 Å². The molecule has 2 aliphatic carbocycles. The molecule has 92 valence electrons. The van der Waals surface area contributed by atoms with E-state index in [1.807, 2.05) is 0 Å². The van der Waals surface area contributed by atoms with Gasteiger partial charge in [-0.05, 0) is 37.5 Å². The monoisotopic (exact) mass is 256 g/mol. The molecule has 0 N–H and O–H groups in total. The van der Waals surface area contributed by atoms with Crippen LogP contribution in [0.3, 0.4) is 0 Å². The quantitative estimate of drug-likeness (QED) is 0.652. The van der Waals surface area contributed by atoms with Gasteiger partial charge >= 0.3 is 0 Å². The molecule has 3 fully saturated rings. The van der Waals surface area contributed by atoms with Gasteiger partial charge in [-0.1, -0.05) is 32.1 Å². The van der Waals surface area contributed by atoms with Gasteiger partial charge in [0.2, 0.25) is 0 Å². The molecule has 2 heteroatoms. The van der Waals surface area contributed by atoms with Gasteiger partial charge in [0.1, 0.15) is 0 Å². The predicted molar refractivity (Wildman–Crippen MR) is 76.2 cm³/mol. The van der Waals surface area contributed by atoms with Gasteiger partial charge in [0.25, 0.3) is 0 Å². The summed E-state index contributed by atoms with van der Waals surface area (Å²) in [6.07, 6.45) is 13.8. The molecular weight excluding hydrogens is 232 g/mol. The van der Waals surface area contributed by atoms with Gasteiger partial charge in [-0.25, -0.2) is 0 Å². The minimum absolute atomic E-state index is 0.686. The standard InChI is InChI=1S/C14H24S2/c1-2-4-12(5-3-1)13-6-8-14(9-7-13)15-10-11-16-14/h12-13H,1-11H2. The van der Waals surface area contributed by atoms with Gasteiger partial charge < -0.3 is 0 Å². The van der Waals surface area contributed by atoms with E-state index in [1.54, 1.807) is 25.7 Å². The second kappa shape index (κ2) is 5.14. The highest BCUT2D eigenvalue weighted by molar-refractivity contribution is 8.21. The van der Waals surface area contributed by atoms with Crippen LogP contribution in [0.15, 0.2) is 0 Å². The molecule has 3 rings (SSSR count). The number of thioether (sulfide) groups is 2. The molecule has 0 bridgehead atoms. The lowest BCUT2D eigenvalue weighted by molar-refractivity contribution is 0.194. The van der Waals surface area contributed by atoms with Crippen LogP contribution >= 0.6 is 23.5 Å². The first-order chi connectivity index (χ1) is 7.88. The summed E-state index contributed by atoms with van der Waals surface area (Å²) >= 11 is 4.55. The fourth-order valence-corrected chi connectivity index (χ4v) is 7.24. The first kappa shape index (κ1) is 11.8. The Kier molecular flexibility index (Phi) is 3.78. The van der Waals surface area contributed by atoms with Crippen molar-refractivity contribution >= 4 is 23.5 Å². The molecule has 1 aliphatic heterocycles. The smallest absolute Gasteiger partial charge is 0.0611 e. The van der Waals surface area contributed by atoms with Crippen molar-refractivity contribution in [2.24, 2.45) is 11.8 Å². The van der Waals surface area contributed by atoms with Crippen LogP contribution in [0.2, 0.25) is 0 Å². The molecule has 0 aromatic rings. The summed E-state index contributed by atoms with van der Waals surface area (Å²) in [6.45, 7) is 0. The molecule has 3 aliphatic rings. The lowest BCUT2D eigenvalue weighted by atomic mass is 9.73. The molecule has 0 atom stereocenters. The summed E-state index contributed by atoms with van der Waals surface area (Å²) in [6, 6.07) is 0. The normalized spacial score (nSPS) is 32.2. The van der Waals surface area contributed by atoms with E-state index in [-0.39, 0.29) is 0 Å². The zero-order valence-electron chi connectivity index (χ0n) is 10.2. The van der Waals surface area contributed by atoms with Crippen LogP contribution in [0, 0.1) is 11.8 Å². The topological polar surface area (TPSA) is 0 Å². The van der Waals surface area contributed by atoms with Crippen LogP contribution in [0.5, 0.6) is 0 Å². The molecule has 2 saturated carbocycles. The van der Waals surface area contributed by atoms with E-state index in [9.17, 15) is 0 Å². The summed E-state index contributed by atoms with van der Waals surface area (Å²) in [7, 11) is 0. The van der Waals surface area contributed by atoms with Crippen molar-refractivity contribution in [1.82, 2.24) is 0 Å². The Balaban J connectivity index is 1.53. The molecule has 0 radical (unpaired) electrons. The van der Waals surface area contributed by atoms with E-state index in [2.05, 4.69) is 23.5 Å². The summed E-state index contributed by atoms with van der Waals surface area (Å²) in [5, 5.41) is 0. The first-order valence-electron chi connectivity index (χ1n) is 7.16. The van der Waals surface area contributed by atoms with Crippen molar-refractivity contribution in [2.45, 2.75) is 61.9 Å². The summed E-state index contributed by atoms with van der Waals surface area (Å²) in [4.78, 5) is 0. The fourth-order valence-electron chi connectivity index (χ4n) is 3.94. The Hall–Kier alpha value is 0.700. The summed E-state index contributed by atoms with van der Waals surface area (Å²) in [5.74, 6) is 5.05. The summed E-state index contributed by atoms with van der Waals surface area (Å²) < 4.78 is 0.686. The molecule has 16 heavy (non-hydrogen) atoms. The van der Waals surface area contributed by atoms with Crippen molar-refractivity contribution in [3.05, 3.63) is 0 Å². The van der Waals surface area contributed by atoms with Gasteiger partial charge in [0.05, 0.1) is 4.08 Å². The van der Waals surface area contributed by atoms with E-state index >= 15 is 0 Å². The van der Waals surface area contributed by atoms with E-state index in [4.69, 9.17) is 0 Å². The van der Waals surface area contributed by atoms with Crippen molar-refractivity contribution in [3.8, 4) is 0 Å². The third kappa shape index (κ3) is 2.43. The third-order valence-electron chi connectivity index (χ3n) is 4.92. The second-order valence-corrected chi connectivity index (χ2v) is 9.06. The van der Waals surface area contributed by atoms with Crippen LogP contribution in [-0.4, -0.2) is 15.6 Å². The van der Waals surface area contributed by atoms with Crippen LogP contribution in [0.1, 0.15) is 57.8 Å². The van der Waals surface area contributed by atoms with Crippen molar-refractivity contribution in [3.63, 3.8) is 0 Å². The zero-order chi connectivity index (χ0) is 10.8. The number of hydrogen-bond acceptors (Lipinski definition) is 2. The largest absolute Gasteiger partial charge is 0.143 e. The van der Waals surface area contributed by atoms with Crippen LogP contribution in [0.25, 0.3) is 0 Å². The highest BCUT2D eigenvalue weighted by Crippen LogP contribution is 2.55. The van der Waals surface area contributed by atoms with Crippen molar-refractivity contribution in [2.75, 3.05) is 11.5 Å². The highest BCUT2D eigenvalue weighted by atomic mass is 32.2. The number of hydrogen-bond donors (Lipinski definition) is 0. The molecule has 1 spiro atoms. The Bertz CT molecular complexity index is 217. The van der Waals surface area contributed by atoms with Gasteiger partial charge in [-0.3, -0.25) is 0 Å². The zero-order valence-corrected chi connectivity index (χ0v) is 11.9. The molecule has 1 heterocycles. The predicted octanol–water partition coefficient (Wildman–Crippen LogP) is 4.93.